The van der Waals surface area contributed by atoms with Crippen molar-refractivity contribution >= 4 is 18.1 Å². The molecule has 2 heterocycles. The van der Waals surface area contributed by atoms with Gasteiger partial charge in [-0.15, -0.1) is 0 Å². The zero-order valence-corrected chi connectivity index (χ0v) is 18.6. The van der Waals surface area contributed by atoms with E-state index in [0.717, 1.165) is 29.8 Å². The van der Waals surface area contributed by atoms with Crippen LogP contribution >= 0.6 is 0 Å². The summed E-state index contributed by atoms with van der Waals surface area (Å²) in [5.41, 5.74) is 1.41. The zero-order valence-electron chi connectivity index (χ0n) is 18.6. The highest BCUT2D eigenvalue weighted by Crippen LogP contribution is 2.28. The first-order valence-corrected chi connectivity index (χ1v) is 11.1. The van der Waals surface area contributed by atoms with Gasteiger partial charge in [-0.05, 0) is 31.2 Å². The predicted octanol–water partition coefficient (Wildman–Crippen LogP) is 1.59. The van der Waals surface area contributed by atoms with Crippen LogP contribution in [0.4, 0.5) is 5.82 Å². The highest BCUT2D eigenvalue weighted by molar-refractivity contribution is 5.99. The summed E-state index contributed by atoms with van der Waals surface area (Å²) in [7, 11) is 0. The van der Waals surface area contributed by atoms with Gasteiger partial charge in [0.05, 0.1) is 12.4 Å². The Balaban J connectivity index is 1.74. The fourth-order valence-corrected chi connectivity index (χ4v) is 3.57. The first-order chi connectivity index (χ1) is 16.6. The Hall–Kier alpha value is -3.83. The maximum Gasteiger partial charge on any atom is 0.288 e. The van der Waals surface area contributed by atoms with Gasteiger partial charge >= 0.3 is 0 Å². The van der Waals surface area contributed by atoms with Gasteiger partial charge < -0.3 is 19.7 Å². The van der Waals surface area contributed by atoms with Crippen LogP contribution < -0.4 is 15.9 Å². The molecule has 1 saturated carbocycles. The number of nitrogens with one attached hydrogen (secondary N) is 1. The van der Waals surface area contributed by atoms with E-state index in [1.807, 2.05) is 30.3 Å². The molecule has 0 radical (unpaired) electrons. The van der Waals surface area contributed by atoms with Gasteiger partial charge in [0.25, 0.3) is 5.91 Å². The lowest BCUT2D eigenvalue weighted by atomic mass is 9.96. The molecule has 0 saturated heterocycles. The molecule has 34 heavy (non-hydrogen) atoms. The number of carbonyl (C=O) groups excluding carboxylic acids is 2. The summed E-state index contributed by atoms with van der Waals surface area (Å²) in [6, 6.07) is 9.50. The van der Waals surface area contributed by atoms with Crippen molar-refractivity contribution in [3.8, 4) is 17.4 Å². The number of hydrazine groups is 1. The normalized spacial score (nSPS) is 13.2. The molecule has 4 rings (SSSR count). The van der Waals surface area contributed by atoms with Crippen LogP contribution in [-0.4, -0.2) is 61.2 Å². The number of imidazole rings is 1. The van der Waals surface area contributed by atoms with Crippen molar-refractivity contribution in [2.45, 2.75) is 38.3 Å². The molecular formula is C23H27N7O4. The van der Waals surface area contributed by atoms with Crippen molar-refractivity contribution < 1.29 is 19.4 Å². The highest BCUT2D eigenvalue weighted by Gasteiger charge is 2.28. The Morgan fingerprint density at radius 1 is 1.26 bits per heavy atom. The highest BCUT2D eigenvalue weighted by atomic mass is 16.5. The molecule has 3 aromatic rings. The third kappa shape index (κ3) is 5.21. The number of nitrogens with zero attached hydrogens (tertiary/aromatic N) is 5. The Labute approximate surface area is 196 Å². The number of ether oxygens (including phenoxy) is 1. The lowest BCUT2D eigenvalue weighted by molar-refractivity contribution is -0.105. The number of amides is 2. The molecule has 1 aliphatic carbocycles. The number of benzene rings is 1. The minimum Gasteiger partial charge on any atom is -0.473 e. The van der Waals surface area contributed by atoms with Crippen LogP contribution in [0.15, 0.2) is 42.7 Å². The number of hydrogen-bond acceptors (Lipinski definition) is 8. The number of aliphatic hydroxyl groups is 1. The van der Waals surface area contributed by atoms with Crippen molar-refractivity contribution in [2.24, 2.45) is 5.84 Å². The summed E-state index contributed by atoms with van der Waals surface area (Å²) in [6.45, 7) is 0.301. The maximum absolute atomic E-state index is 13.3. The molecule has 0 spiro atoms. The van der Waals surface area contributed by atoms with E-state index in [0.29, 0.717) is 30.2 Å². The smallest absolute Gasteiger partial charge is 0.288 e. The van der Waals surface area contributed by atoms with Gasteiger partial charge in [0.2, 0.25) is 12.3 Å². The number of aromatic nitrogens is 4. The Bertz CT molecular complexity index is 1110. The van der Waals surface area contributed by atoms with Crippen LogP contribution in [0.25, 0.3) is 11.5 Å². The van der Waals surface area contributed by atoms with E-state index in [2.05, 4.69) is 20.3 Å². The van der Waals surface area contributed by atoms with E-state index in [-0.39, 0.29) is 37.3 Å². The number of anilines is 1. The summed E-state index contributed by atoms with van der Waals surface area (Å²) in [6.07, 6.45) is 7.14. The first kappa shape index (κ1) is 23.3. The molecule has 11 nitrogen and oxygen atoms in total. The lowest BCUT2D eigenvalue weighted by Gasteiger charge is -2.25. The van der Waals surface area contributed by atoms with Crippen LogP contribution in [0.2, 0.25) is 0 Å². The van der Waals surface area contributed by atoms with Gasteiger partial charge in [-0.3, -0.25) is 14.6 Å². The van der Waals surface area contributed by atoms with E-state index < -0.39 is 5.91 Å². The molecule has 4 N–H and O–H groups in total. The van der Waals surface area contributed by atoms with Gasteiger partial charge in [0.15, 0.2) is 17.3 Å². The molecular weight excluding hydrogens is 438 g/mol. The van der Waals surface area contributed by atoms with Crippen LogP contribution in [0, 0.1) is 0 Å². The monoisotopic (exact) mass is 465 g/mol. The fraction of sp³-hybridized carbons (Fsp3) is 0.348. The van der Waals surface area contributed by atoms with Crippen molar-refractivity contribution in [1.29, 1.82) is 0 Å². The molecule has 1 fully saturated rings. The summed E-state index contributed by atoms with van der Waals surface area (Å²) >= 11 is 0. The van der Waals surface area contributed by atoms with Crippen LogP contribution in [0.3, 0.4) is 0 Å². The summed E-state index contributed by atoms with van der Waals surface area (Å²) in [5, 5.41) is 12.6. The lowest BCUT2D eigenvalue weighted by Crippen LogP contribution is -2.40. The van der Waals surface area contributed by atoms with Gasteiger partial charge in [0.1, 0.15) is 11.8 Å². The van der Waals surface area contributed by atoms with Crippen LogP contribution in [0.1, 0.15) is 41.7 Å². The van der Waals surface area contributed by atoms with Crippen LogP contribution in [0.5, 0.6) is 5.88 Å². The van der Waals surface area contributed by atoms with Crippen molar-refractivity contribution in [1.82, 2.24) is 24.5 Å². The third-order valence-corrected chi connectivity index (χ3v) is 5.56. The van der Waals surface area contributed by atoms with E-state index in [9.17, 15) is 9.59 Å². The first-order valence-electron chi connectivity index (χ1n) is 11.1. The van der Waals surface area contributed by atoms with Gasteiger partial charge in [-0.2, -0.15) is 0 Å². The number of rotatable bonds is 11. The maximum atomic E-state index is 13.3. The largest absolute Gasteiger partial charge is 0.473 e. The fourth-order valence-electron chi connectivity index (χ4n) is 3.57. The molecule has 1 aliphatic rings. The number of nitrogens with two attached hydrogens (primary N) is 1. The third-order valence-electron chi connectivity index (χ3n) is 5.56. The molecule has 11 heteroatoms. The SMILES string of the molecule is NN(CCCO)C(=O)c1c(NC=O)nc(-c2cnc(OC3CCC3)cn2)n1Cc1ccccc1. The summed E-state index contributed by atoms with van der Waals surface area (Å²) in [4.78, 5) is 37.9. The predicted molar refractivity (Wildman–Crippen MR) is 124 cm³/mol. The molecule has 0 aliphatic heterocycles. The van der Waals surface area contributed by atoms with Gasteiger partial charge in [-0.1, -0.05) is 30.3 Å². The van der Waals surface area contributed by atoms with Crippen molar-refractivity contribution in [2.75, 3.05) is 18.5 Å². The number of carbonyl (C=O) groups is 2. The second-order valence-electron chi connectivity index (χ2n) is 7.95. The van der Waals surface area contributed by atoms with E-state index in [4.69, 9.17) is 15.7 Å². The zero-order chi connectivity index (χ0) is 23.9. The minimum absolute atomic E-state index is 0.0574. The van der Waals surface area contributed by atoms with E-state index >= 15 is 0 Å². The Morgan fingerprint density at radius 3 is 2.68 bits per heavy atom. The molecule has 2 amide bonds. The quantitative estimate of drug-likeness (QED) is 0.167. The van der Waals surface area contributed by atoms with Gasteiger partial charge in [0, 0.05) is 19.7 Å². The molecule has 0 bridgehead atoms. The second kappa shape index (κ2) is 10.9. The Kier molecular flexibility index (Phi) is 7.45. The van der Waals surface area contributed by atoms with E-state index in [1.54, 1.807) is 4.57 Å². The molecule has 2 aromatic heterocycles. The molecule has 0 unspecified atom stereocenters. The number of hydrogen-bond donors (Lipinski definition) is 3. The number of aliphatic hydroxyl groups excluding tert-OH is 1. The van der Waals surface area contributed by atoms with Crippen LogP contribution in [-0.2, 0) is 11.3 Å². The minimum atomic E-state index is -0.551. The molecule has 0 atom stereocenters. The average molecular weight is 466 g/mol. The van der Waals surface area contributed by atoms with Crippen molar-refractivity contribution in [3.63, 3.8) is 0 Å². The second-order valence-corrected chi connectivity index (χ2v) is 7.95. The van der Waals surface area contributed by atoms with Crippen molar-refractivity contribution in [3.05, 3.63) is 54.0 Å². The summed E-state index contributed by atoms with van der Waals surface area (Å²) < 4.78 is 7.44. The summed E-state index contributed by atoms with van der Waals surface area (Å²) in [5.74, 6) is 6.24. The standard InChI is InChI=1S/C23H27N7O4/c24-30(10-5-11-31)23(33)20-21(27-15-32)28-22(29(20)14-16-6-2-1-3-7-16)18-12-26-19(13-25-18)34-17-8-4-9-17/h1-3,6-7,12-13,15,17,31H,4-5,8-11,14,24H2,(H,27,32). The molecule has 1 aromatic carbocycles. The van der Waals surface area contributed by atoms with E-state index in [1.165, 1.54) is 12.4 Å². The van der Waals surface area contributed by atoms with Gasteiger partial charge in [-0.25, -0.2) is 20.8 Å². The molecule has 178 valence electrons. The Morgan fingerprint density at radius 2 is 2.06 bits per heavy atom. The average Bonchev–Trinajstić information content (AvgIpc) is 3.18. The topological polar surface area (TPSA) is 148 Å².